The van der Waals surface area contributed by atoms with Crippen LogP contribution >= 0.6 is 11.3 Å². The Bertz CT molecular complexity index is 636. The van der Waals surface area contributed by atoms with Crippen LogP contribution in [0.25, 0.3) is 0 Å². The van der Waals surface area contributed by atoms with Crippen LogP contribution in [-0.4, -0.2) is 31.4 Å². The molecule has 0 saturated carbocycles. The first-order chi connectivity index (χ1) is 9.66. The van der Waals surface area contributed by atoms with Crippen LogP contribution in [-0.2, 0) is 14.8 Å². The lowest BCUT2D eigenvalue weighted by molar-refractivity contribution is -0.139. The quantitative estimate of drug-likeness (QED) is 0.687. The molecular formula is C12H18N2O5S2. The van der Waals surface area contributed by atoms with Gasteiger partial charge in [-0.05, 0) is 25.0 Å². The molecule has 1 atom stereocenters. The number of primary sulfonamides is 1. The summed E-state index contributed by atoms with van der Waals surface area (Å²) in [5, 5.41) is 16.5. The molecule has 0 aliphatic rings. The van der Waals surface area contributed by atoms with Crippen LogP contribution in [0.4, 0.5) is 0 Å². The fourth-order valence-corrected chi connectivity index (χ4v) is 3.57. The second-order valence-corrected chi connectivity index (χ2v) is 7.47. The lowest BCUT2D eigenvalue weighted by Crippen LogP contribution is -2.40. The first kappa shape index (κ1) is 17.6. The number of carboxylic acids is 1. The molecule has 1 aromatic heterocycles. The summed E-state index contributed by atoms with van der Waals surface area (Å²) in [6.07, 6.45) is 1.81. The number of carbonyl (C=O) groups excluding carboxylic acids is 1. The van der Waals surface area contributed by atoms with Gasteiger partial charge in [0.15, 0.2) is 0 Å². The summed E-state index contributed by atoms with van der Waals surface area (Å²) in [6.45, 7) is 3.49. The minimum Gasteiger partial charge on any atom is -0.480 e. The van der Waals surface area contributed by atoms with E-state index in [2.05, 4.69) is 5.32 Å². The zero-order valence-electron chi connectivity index (χ0n) is 11.8. The molecule has 0 saturated heterocycles. The third kappa shape index (κ3) is 4.80. The van der Waals surface area contributed by atoms with Crippen LogP contribution in [0, 0.1) is 6.92 Å². The second-order valence-electron chi connectivity index (χ2n) is 4.63. The predicted molar refractivity (Wildman–Crippen MR) is 78.8 cm³/mol. The molecule has 1 aromatic rings. The monoisotopic (exact) mass is 334 g/mol. The topological polar surface area (TPSA) is 127 Å². The number of nitrogens with one attached hydrogen (secondary N) is 1. The standard InChI is InChI=1S/C12H18N2O5S2/c1-3-4-5-8(12(16)17)14-11(15)10-7(2)6-9(20-10)21(13,18)19/h6,8H,3-5H2,1-2H3,(H,14,15)(H,16,17)(H2,13,18,19). The molecule has 0 aliphatic carbocycles. The first-order valence-electron chi connectivity index (χ1n) is 6.33. The molecular weight excluding hydrogens is 316 g/mol. The number of thiophene rings is 1. The Morgan fingerprint density at radius 3 is 2.52 bits per heavy atom. The molecule has 1 heterocycles. The molecule has 0 bridgehead atoms. The van der Waals surface area contributed by atoms with E-state index in [9.17, 15) is 18.0 Å². The number of unbranched alkanes of at least 4 members (excludes halogenated alkanes) is 1. The van der Waals surface area contributed by atoms with Crippen molar-refractivity contribution in [3.63, 3.8) is 0 Å². The average molecular weight is 334 g/mol. The number of carboxylic acid groups (broad SMARTS) is 1. The highest BCUT2D eigenvalue weighted by atomic mass is 32.2. The van der Waals surface area contributed by atoms with Gasteiger partial charge in [-0.2, -0.15) is 0 Å². The van der Waals surface area contributed by atoms with Gasteiger partial charge in [-0.15, -0.1) is 11.3 Å². The number of sulfonamides is 1. The molecule has 0 spiro atoms. The Morgan fingerprint density at radius 1 is 1.48 bits per heavy atom. The van der Waals surface area contributed by atoms with Crippen LogP contribution < -0.4 is 10.5 Å². The Labute approximate surface area is 127 Å². The summed E-state index contributed by atoms with van der Waals surface area (Å²) in [5.74, 6) is -1.71. The SMILES string of the molecule is CCCCC(NC(=O)c1sc(S(N)(=O)=O)cc1C)C(=O)O. The molecule has 4 N–H and O–H groups in total. The molecule has 0 aliphatic heterocycles. The highest BCUT2D eigenvalue weighted by Gasteiger charge is 2.24. The average Bonchev–Trinajstić information content (AvgIpc) is 2.76. The van der Waals surface area contributed by atoms with Crippen molar-refractivity contribution in [2.75, 3.05) is 0 Å². The van der Waals surface area contributed by atoms with Crippen molar-refractivity contribution in [1.29, 1.82) is 0 Å². The minimum atomic E-state index is -3.87. The number of aliphatic carboxylic acids is 1. The zero-order chi connectivity index (χ0) is 16.2. The maximum atomic E-state index is 12.1. The van der Waals surface area contributed by atoms with Gasteiger partial charge < -0.3 is 10.4 Å². The predicted octanol–water partition coefficient (Wildman–Crippen LogP) is 1.08. The van der Waals surface area contributed by atoms with Crippen molar-refractivity contribution < 1.29 is 23.1 Å². The summed E-state index contributed by atoms with van der Waals surface area (Å²) in [5.41, 5.74) is 0.446. The second kappa shape index (κ2) is 7.01. The van der Waals surface area contributed by atoms with E-state index in [1.807, 2.05) is 6.92 Å². The number of carbonyl (C=O) groups is 2. The van der Waals surface area contributed by atoms with Crippen LogP contribution in [0.1, 0.15) is 41.4 Å². The fraction of sp³-hybridized carbons (Fsp3) is 0.500. The van der Waals surface area contributed by atoms with Crippen molar-refractivity contribution in [3.8, 4) is 0 Å². The van der Waals surface area contributed by atoms with E-state index in [0.717, 1.165) is 17.8 Å². The smallest absolute Gasteiger partial charge is 0.326 e. The van der Waals surface area contributed by atoms with Crippen molar-refractivity contribution in [2.24, 2.45) is 5.14 Å². The van der Waals surface area contributed by atoms with Gasteiger partial charge in [0.1, 0.15) is 10.3 Å². The maximum absolute atomic E-state index is 12.1. The Morgan fingerprint density at radius 2 is 2.10 bits per heavy atom. The number of nitrogens with two attached hydrogens (primary N) is 1. The zero-order valence-corrected chi connectivity index (χ0v) is 13.4. The van der Waals surface area contributed by atoms with Crippen molar-refractivity contribution in [3.05, 3.63) is 16.5 Å². The van der Waals surface area contributed by atoms with Gasteiger partial charge in [-0.25, -0.2) is 18.4 Å². The molecule has 0 fully saturated rings. The van der Waals surface area contributed by atoms with Gasteiger partial charge in [0, 0.05) is 0 Å². The normalized spacial score (nSPS) is 12.9. The summed E-state index contributed by atoms with van der Waals surface area (Å²) < 4.78 is 22.4. The van der Waals surface area contributed by atoms with Gasteiger partial charge in [0.25, 0.3) is 5.91 Å². The van der Waals surface area contributed by atoms with Crippen molar-refractivity contribution in [1.82, 2.24) is 5.32 Å². The lowest BCUT2D eigenvalue weighted by atomic mass is 10.1. The third-order valence-corrected chi connectivity index (χ3v) is 5.49. The fourth-order valence-electron chi connectivity index (χ4n) is 1.71. The van der Waals surface area contributed by atoms with E-state index in [0.29, 0.717) is 18.4 Å². The summed E-state index contributed by atoms with van der Waals surface area (Å²) in [6, 6.07) is 0.313. The molecule has 1 rings (SSSR count). The van der Waals surface area contributed by atoms with E-state index in [-0.39, 0.29) is 9.09 Å². The number of rotatable bonds is 7. The molecule has 7 nitrogen and oxygen atoms in total. The molecule has 21 heavy (non-hydrogen) atoms. The number of aryl methyl sites for hydroxylation is 1. The Kier molecular flexibility index (Phi) is 5.87. The van der Waals surface area contributed by atoms with Gasteiger partial charge in [0.05, 0.1) is 4.88 Å². The van der Waals surface area contributed by atoms with E-state index in [1.54, 1.807) is 6.92 Å². The van der Waals surface area contributed by atoms with Crippen LogP contribution in [0.5, 0.6) is 0 Å². The highest BCUT2D eigenvalue weighted by Crippen LogP contribution is 2.25. The third-order valence-electron chi connectivity index (χ3n) is 2.83. The van der Waals surface area contributed by atoms with E-state index in [1.165, 1.54) is 6.07 Å². The summed E-state index contributed by atoms with van der Waals surface area (Å²) >= 11 is 0.734. The molecule has 0 aromatic carbocycles. The van der Waals surface area contributed by atoms with Crippen molar-refractivity contribution in [2.45, 2.75) is 43.4 Å². The number of hydrogen-bond donors (Lipinski definition) is 3. The van der Waals surface area contributed by atoms with E-state index in [4.69, 9.17) is 10.2 Å². The van der Waals surface area contributed by atoms with Gasteiger partial charge >= 0.3 is 5.97 Å². The van der Waals surface area contributed by atoms with Crippen LogP contribution in [0.3, 0.4) is 0 Å². The maximum Gasteiger partial charge on any atom is 0.326 e. The highest BCUT2D eigenvalue weighted by molar-refractivity contribution is 7.91. The molecule has 118 valence electrons. The number of amides is 1. The minimum absolute atomic E-state index is 0.120. The summed E-state index contributed by atoms with van der Waals surface area (Å²) in [4.78, 5) is 23.3. The lowest BCUT2D eigenvalue weighted by Gasteiger charge is -2.13. The molecule has 1 amide bonds. The number of hydrogen-bond acceptors (Lipinski definition) is 5. The largest absolute Gasteiger partial charge is 0.480 e. The molecule has 1 unspecified atom stereocenters. The van der Waals surface area contributed by atoms with Crippen molar-refractivity contribution >= 4 is 33.2 Å². The summed E-state index contributed by atoms with van der Waals surface area (Å²) in [7, 11) is -3.87. The van der Waals surface area contributed by atoms with Gasteiger partial charge in [0.2, 0.25) is 10.0 Å². The van der Waals surface area contributed by atoms with E-state index < -0.39 is 27.9 Å². The van der Waals surface area contributed by atoms with Gasteiger partial charge in [-0.3, -0.25) is 4.79 Å². The first-order valence-corrected chi connectivity index (χ1v) is 8.70. The van der Waals surface area contributed by atoms with E-state index >= 15 is 0 Å². The Hall–Kier alpha value is -1.45. The van der Waals surface area contributed by atoms with Crippen LogP contribution in [0.2, 0.25) is 0 Å². The van der Waals surface area contributed by atoms with Gasteiger partial charge in [-0.1, -0.05) is 19.8 Å². The molecule has 9 heteroatoms. The molecule has 0 radical (unpaired) electrons. The Balaban J connectivity index is 2.93. The van der Waals surface area contributed by atoms with Crippen LogP contribution in [0.15, 0.2) is 10.3 Å².